The topological polar surface area (TPSA) is 67.6 Å². The van der Waals surface area contributed by atoms with E-state index in [1.54, 1.807) is 0 Å². The summed E-state index contributed by atoms with van der Waals surface area (Å²) >= 11 is 6.77. The number of aryl methyl sites for hydroxylation is 1. The van der Waals surface area contributed by atoms with Crippen LogP contribution in [0.4, 0.5) is 0 Å². The fraction of sp³-hybridized carbons (Fsp3) is 0.667. The highest BCUT2D eigenvalue weighted by Gasteiger charge is 2.55. The third-order valence-corrected chi connectivity index (χ3v) is 8.27. The van der Waals surface area contributed by atoms with Crippen molar-refractivity contribution in [3.63, 3.8) is 0 Å². The predicted octanol–water partition coefficient (Wildman–Crippen LogP) is 4.17. The number of aromatic nitrogens is 2. The van der Waals surface area contributed by atoms with Gasteiger partial charge in [-0.3, -0.25) is 9.48 Å². The van der Waals surface area contributed by atoms with Gasteiger partial charge in [0.2, 0.25) is 5.91 Å². The molecule has 6 nitrogen and oxygen atoms in total. The van der Waals surface area contributed by atoms with Gasteiger partial charge in [0, 0.05) is 36.9 Å². The zero-order valence-electron chi connectivity index (χ0n) is 18.2. The van der Waals surface area contributed by atoms with Crippen molar-refractivity contribution in [2.45, 2.75) is 88.0 Å². The lowest BCUT2D eigenvalue weighted by molar-refractivity contribution is -0.174. The number of hydrogen-bond acceptors (Lipinski definition) is 4. The fourth-order valence-electron chi connectivity index (χ4n) is 6.58. The van der Waals surface area contributed by atoms with Crippen molar-refractivity contribution in [1.29, 1.82) is 0 Å². The molecule has 5 fully saturated rings. The monoisotopic (exact) mass is 443 g/mol. The van der Waals surface area contributed by atoms with E-state index in [4.69, 9.17) is 21.4 Å². The molecule has 3 heterocycles. The van der Waals surface area contributed by atoms with Gasteiger partial charge in [-0.2, -0.15) is 5.10 Å². The Labute approximate surface area is 187 Å². The summed E-state index contributed by atoms with van der Waals surface area (Å²) in [4.78, 5) is 15.5. The number of hydrogen-bond donors (Lipinski definition) is 1. The Morgan fingerprint density at radius 2 is 2.00 bits per heavy atom. The summed E-state index contributed by atoms with van der Waals surface area (Å²) in [5.74, 6) is 1.42. The molecule has 2 aromatic rings. The van der Waals surface area contributed by atoms with Gasteiger partial charge in [-0.1, -0.05) is 18.5 Å². The lowest BCUT2D eigenvalue weighted by Gasteiger charge is -2.59. The van der Waals surface area contributed by atoms with Crippen molar-refractivity contribution in [1.82, 2.24) is 14.7 Å². The molecular weight excluding hydrogens is 414 g/mol. The lowest BCUT2D eigenvalue weighted by Crippen LogP contribution is -2.65. The van der Waals surface area contributed by atoms with Gasteiger partial charge in [-0.25, -0.2) is 0 Å². The van der Waals surface area contributed by atoms with E-state index in [0.29, 0.717) is 23.1 Å². The van der Waals surface area contributed by atoms with Crippen LogP contribution in [0.5, 0.6) is 5.75 Å². The number of nitrogens with zero attached hydrogens (tertiary/aromatic N) is 3. The van der Waals surface area contributed by atoms with Crippen LogP contribution >= 0.6 is 11.6 Å². The minimum absolute atomic E-state index is 0.0508. The van der Waals surface area contributed by atoms with E-state index in [2.05, 4.69) is 11.8 Å². The van der Waals surface area contributed by atoms with E-state index in [1.165, 1.54) is 0 Å². The number of piperidine rings is 2. The zero-order valence-corrected chi connectivity index (χ0v) is 18.9. The van der Waals surface area contributed by atoms with Gasteiger partial charge >= 0.3 is 0 Å². The summed E-state index contributed by atoms with van der Waals surface area (Å²) in [7, 11) is 1.92. The van der Waals surface area contributed by atoms with Gasteiger partial charge in [0.1, 0.15) is 5.75 Å². The van der Waals surface area contributed by atoms with Crippen molar-refractivity contribution in [2.24, 2.45) is 13.0 Å². The fourth-order valence-corrected chi connectivity index (χ4v) is 6.89. The SMILES string of the molecule is CC(CC(=O)N1C2CC3CC1CC(O)(C3)C2)c1nn(C)c2ccc(OC3CC3)c(Cl)c12. The van der Waals surface area contributed by atoms with Crippen LogP contribution in [0.1, 0.15) is 69.9 Å². The number of fused-ring (bicyclic) bond motifs is 1. The van der Waals surface area contributed by atoms with Crippen molar-refractivity contribution >= 4 is 28.4 Å². The molecule has 166 valence electrons. The van der Waals surface area contributed by atoms with Crippen LogP contribution in [0.25, 0.3) is 10.9 Å². The van der Waals surface area contributed by atoms with Gasteiger partial charge < -0.3 is 14.7 Å². The molecule has 1 aromatic carbocycles. The summed E-state index contributed by atoms with van der Waals surface area (Å²) in [6.45, 7) is 2.06. The molecule has 0 spiro atoms. The Hall–Kier alpha value is -1.79. The maximum Gasteiger partial charge on any atom is 0.223 e. The molecule has 31 heavy (non-hydrogen) atoms. The first-order valence-corrected chi connectivity index (χ1v) is 12.0. The summed E-state index contributed by atoms with van der Waals surface area (Å²) in [6.07, 6.45) is 7.31. The van der Waals surface area contributed by atoms with Crippen molar-refractivity contribution < 1.29 is 14.6 Å². The second-order valence-corrected chi connectivity index (χ2v) is 10.9. The molecular formula is C24H30ClN3O3. The molecule has 1 N–H and O–H groups in total. The largest absolute Gasteiger partial charge is 0.489 e. The molecule has 2 aliphatic heterocycles. The predicted molar refractivity (Wildman–Crippen MR) is 118 cm³/mol. The molecule has 7 rings (SSSR count). The molecule has 3 unspecified atom stereocenters. The number of carbonyl (C=O) groups excluding carboxylic acids is 1. The number of carbonyl (C=O) groups is 1. The normalized spacial score (nSPS) is 32.6. The van der Waals surface area contributed by atoms with Crippen LogP contribution in [-0.2, 0) is 11.8 Å². The van der Waals surface area contributed by atoms with E-state index >= 15 is 0 Å². The summed E-state index contributed by atoms with van der Waals surface area (Å²) in [5, 5.41) is 17.1. The molecule has 5 aliphatic rings. The van der Waals surface area contributed by atoms with Crippen LogP contribution in [0.15, 0.2) is 12.1 Å². The van der Waals surface area contributed by atoms with Crippen LogP contribution in [0.2, 0.25) is 5.02 Å². The number of benzene rings is 1. The Kier molecular flexibility index (Phi) is 4.39. The third-order valence-electron chi connectivity index (χ3n) is 7.90. The molecule has 2 saturated heterocycles. The van der Waals surface area contributed by atoms with Crippen LogP contribution in [-0.4, -0.2) is 49.5 Å². The van der Waals surface area contributed by atoms with Crippen molar-refractivity contribution in [3.8, 4) is 5.75 Å². The standard InChI is InChI=1S/C24H30ClN3O3/c1-13(7-20(29)28-15-8-14-9-16(28)12-24(30,10-14)11-15)23-21-18(27(2)26-23)5-6-19(22(21)25)31-17-3-4-17/h5-6,13-17,30H,3-4,7-12H2,1-2H3. The molecule has 3 saturated carbocycles. The van der Waals surface area contributed by atoms with Crippen molar-refractivity contribution in [2.75, 3.05) is 0 Å². The van der Waals surface area contributed by atoms with Gasteiger partial charge in [-0.05, 0) is 63.0 Å². The number of ether oxygens (including phenoxy) is 1. The number of aliphatic hydroxyl groups is 1. The highest BCUT2D eigenvalue weighted by molar-refractivity contribution is 6.37. The molecule has 7 heteroatoms. The van der Waals surface area contributed by atoms with E-state index in [0.717, 1.165) is 61.5 Å². The number of halogens is 1. The van der Waals surface area contributed by atoms with E-state index < -0.39 is 5.60 Å². The average Bonchev–Trinajstić information content (AvgIpc) is 3.43. The Balaban J connectivity index is 1.26. The van der Waals surface area contributed by atoms with E-state index in [-0.39, 0.29) is 30.0 Å². The number of rotatable bonds is 5. The van der Waals surface area contributed by atoms with Crippen LogP contribution < -0.4 is 4.74 Å². The lowest BCUT2D eigenvalue weighted by atomic mass is 9.61. The summed E-state index contributed by atoms with van der Waals surface area (Å²) < 4.78 is 7.83. The van der Waals surface area contributed by atoms with Crippen molar-refractivity contribution in [3.05, 3.63) is 22.8 Å². The molecule has 3 atom stereocenters. The van der Waals surface area contributed by atoms with E-state index in [9.17, 15) is 9.90 Å². The average molecular weight is 444 g/mol. The Bertz CT molecular complexity index is 1050. The molecule has 1 aromatic heterocycles. The minimum Gasteiger partial charge on any atom is -0.489 e. The third kappa shape index (κ3) is 3.25. The summed E-state index contributed by atoms with van der Waals surface area (Å²) in [5.41, 5.74) is 1.28. The van der Waals surface area contributed by atoms with Gasteiger partial charge in [0.25, 0.3) is 0 Å². The second-order valence-electron chi connectivity index (χ2n) is 10.5. The maximum absolute atomic E-state index is 13.4. The van der Waals surface area contributed by atoms with Gasteiger partial charge in [0.15, 0.2) is 0 Å². The first-order chi connectivity index (χ1) is 14.8. The summed E-state index contributed by atoms with van der Waals surface area (Å²) in [6, 6.07) is 4.32. The van der Waals surface area contributed by atoms with Crippen LogP contribution in [0.3, 0.4) is 0 Å². The second kappa shape index (κ2) is 6.85. The quantitative estimate of drug-likeness (QED) is 0.753. The van der Waals surface area contributed by atoms with E-state index in [1.807, 2.05) is 23.9 Å². The molecule has 4 bridgehead atoms. The first kappa shape index (κ1) is 19.9. The Morgan fingerprint density at radius 3 is 2.65 bits per heavy atom. The first-order valence-electron chi connectivity index (χ1n) is 11.7. The Morgan fingerprint density at radius 1 is 1.29 bits per heavy atom. The minimum atomic E-state index is -0.540. The molecule has 0 radical (unpaired) electrons. The number of amides is 1. The highest BCUT2D eigenvalue weighted by atomic mass is 35.5. The maximum atomic E-state index is 13.4. The smallest absolute Gasteiger partial charge is 0.223 e. The van der Waals surface area contributed by atoms with Gasteiger partial charge in [-0.15, -0.1) is 0 Å². The molecule has 1 amide bonds. The van der Waals surface area contributed by atoms with Crippen LogP contribution in [0, 0.1) is 5.92 Å². The van der Waals surface area contributed by atoms with Gasteiger partial charge in [0.05, 0.1) is 27.9 Å². The highest BCUT2D eigenvalue weighted by Crippen LogP contribution is 2.51. The molecule has 3 aliphatic carbocycles. The zero-order chi connectivity index (χ0) is 21.5.